The molecular formula is C25H33NO4. The largest absolute Gasteiger partial charge is 0.493 e. The number of Topliss-reactive ketones (excluding diaryl/α,β-unsaturated/α-hetero) is 1. The summed E-state index contributed by atoms with van der Waals surface area (Å²) in [5.41, 5.74) is 3.55. The average molecular weight is 412 g/mol. The van der Waals surface area contributed by atoms with Crippen LogP contribution < -0.4 is 10.1 Å². The van der Waals surface area contributed by atoms with E-state index in [1.165, 1.54) is 0 Å². The van der Waals surface area contributed by atoms with Crippen LogP contribution in [0.4, 0.5) is 0 Å². The van der Waals surface area contributed by atoms with E-state index in [0.717, 1.165) is 42.0 Å². The number of esters is 1. The van der Waals surface area contributed by atoms with Crippen molar-refractivity contribution in [1.29, 1.82) is 0 Å². The van der Waals surface area contributed by atoms with E-state index in [0.29, 0.717) is 24.2 Å². The molecule has 1 N–H and O–H groups in total. The number of nitrogens with one attached hydrogen (secondary N) is 1. The van der Waals surface area contributed by atoms with E-state index in [4.69, 9.17) is 9.47 Å². The first kappa shape index (κ1) is 22.1. The van der Waals surface area contributed by atoms with Gasteiger partial charge in [0.05, 0.1) is 24.7 Å². The molecule has 0 spiro atoms. The maximum Gasteiger partial charge on any atom is 0.336 e. The van der Waals surface area contributed by atoms with Gasteiger partial charge < -0.3 is 14.8 Å². The topological polar surface area (TPSA) is 64.6 Å². The molecule has 0 saturated heterocycles. The molecule has 30 heavy (non-hydrogen) atoms. The van der Waals surface area contributed by atoms with Crippen LogP contribution >= 0.6 is 0 Å². The lowest BCUT2D eigenvalue weighted by Gasteiger charge is -2.39. The molecule has 1 aliphatic heterocycles. The molecule has 5 nitrogen and oxygen atoms in total. The minimum absolute atomic E-state index is 0.0800. The molecule has 1 aromatic carbocycles. The Bertz CT molecular complexity index is 894. The number of allylic oxidation sites excluding steroid dienone is 3. The van der Waals surface area contributed by atoms with Crippen molar-refractivity contribution in [1.82, 2.24) is 5.32 Å². The van der Waals surface area contributed by atoms with E-state index in [-0.39, 0.29) is 23.8 Å². The Kier molecular flexibility index (Phi) is 6.69. The Balaban J connectivity index is 2.15. The summed E-state index contributed by atoms with van der Waals surface area (Å²) in [7, 11) is 0. The zero-order valence-corrected chi connectivity index (χ0v) is 18.8. The first-order valence-electron chi connectivity index (χ1n) is 10.9. The van der Waals surface area contributed by atoms with Crippen molar-refractivity contribution in [2.75, 3.05) is 13.2 Å². The first-order valence-corrected chi connectivity index (χ1v) is 10.9. The standard InChI is InChI=1S/C25H33NO4/c1-6-8-13-30-20-12-10-9-11-17(20)22-21(24(28)29-7-2)16(3)26-18-14-25(4,5)15-19(27)23(18)22/h9-12,22,26H,6-8,13-15H2,1-5H3/t22-/m1/s1. The number of hydrogen-bond donors (Lipinski definition) is 1. The minimum atomic E-state index is -0.485. The van der Waals surface area contributed by atoms with Gasteiger partial charge in [0, 0.05) is 29.0 Å². The second-order valence-corrected chi connectivity index (χ2v) is 8.89. The molecule has 2 aliphatic rings. The van der Waals surface area contributed by atoms with Crippen LogP contribution in [0.2, 0.25) is 0 Å². The van der Waals surface area contributed by atoms with Gasteiger partial charge in [0.1, 0.15) is 5.75 Å². The second kappa shape index (κ2) is 9.07. The highest BCUT2D eigenvalue weighted by Gasteiger charge is 2.43. The Morgan fingerprint density at radius 1 is 1.20 bits per heavy atom. The van der Waals surface area contributed by atoms with Gasteiger partial charge in [-0.3, -0.25) is 4.79 Å². The number of benzene rings is 1. The van der Waals surface area contributed by atoms with Gasteiger partial charge in [-0.25, -0.2) is 4.79 Å². The number of carbonyl (C=O) groups is 2. The SMILES string of the molecule is CCCCOc1ccccc1[C@@H]1C(C(=O)OCC)=C(C)NC2=C1C(=O)CC(C)(C)C2. The van der Waals surface area contributed by atoms with Crippen LogP contribution in [-0.4, -0.2) is 25.0 Å². The molecule has 0 aromatic heterocycles. The molecule has 0 radical (unpaired) electrons. The fourth-order valence-electron chi connectivity index (χ4n) is 4.40. The Morgan fingerprint density at radius 2 is 1.93 bits per heavy atom. The number of ether oxygens (including phenoxy) is 2. The van der Waals surface area contributed by atoms with E-state index in [9.17, 15) is 9.59 Å². The number of para-hydroxylation sites is 1. The summed E-state index contributed by atoms with van der Waals surface area (Å²) in [6.45, 7) is 10.9. The Morgan fingerprint density at radius 3 is 2.63 bits per heavy atom. The molecule has 0 unspecified atom stereocenters. The summed E-state index contributed by atoms with van der Waals surface area (Å²) in [5.74, 6) is -0.0740. The molecule has 0 saturated carbocycles. The maximum atomic E-state index is 13.3. The van der Waals surface area contributed by atoms with Crippen LogP contribution in [0.1, 0.15) is 71.8 Å². The third kappa shape index (κ3) is 4.45. The van der Waals surface area contributed by atoms with Gasteiger partial charge in [-0.2, -0.15) is 0 Å². The van der Waals surface area contributed by atoms with Crippen molar-refractivity contribution in [2.24, 2.45) is 5.41 Å². The monoisotopic (exact) mass is 411 g/mol. The van der Waals surface area contributed by atoms with E-state index >= 15 is 0 Å². The number of dihydropyridines is 1. The Labute approximate surface area is 179 Å². The smallest absolute Gasteiger partial charge is 0.336 e. The molecule has 1 atom stereocenters. The molecular weight excluding hydrogens is 378 g/mol. The van der Waals surface area contributed by atoms with E-state index in [1.54, 1.807) is 6.92 Å². The fraction of sp³-hybridized carbons (Fsp3) is 0.520. The van der Waals surface area contributed by atoms with Crippen LogP contribution in [0.15, 0.2) is 46.8 Å². The normalized spacial score (nSPS) is 20.6. The van der Waals surface area contributed by atoms with Crippen molar-refractivity contribution in [2.45, 2.75) is 66.2 Å². The number of unbranched alkanes of at least 4 members (excludes halogenated alkanes) is 1. The molecule has 5 heteroatoms. The second-order valence-electron chi connectivity index (χ2n) is 8.89. The molecule has 3 rings (SSSR count). The summed E-state index contributed by atoms with van der Waals surface area (Å²) in [5, 5.41) is 3.36. The maximum absolute atomic E-state index is 13.3. The van der Waals surface area contributed by atoms with Crippen LogP contribution in [0.25, 0.3) is 0 Å². The van der Waals surface area contributed by atoms with Crippen LogP contribution in [0, 0.1) is 5.41 Å². The average Bonchev–Trinajstić information content (AvgIpc) is 2.66. The van der Waals surface area contributed by atoms with Gasteiger partial charge in [0.15, 0.2) is 5.78 Å². The van der Waals surface area contributed by atoms with Crippen LogP contribution in [0.5, 0.6) is 5.75 Å². The van der Waals surface area contributed by atoms with Gasteiger partial charge in [-0.05, 0) is 38.2 Å². The van der Waals surface area contributed by atoms with Gasteiger partial charge >= 0.3 is 5.97 Å². The summed E-state index contributed by atoms with van der Waals surface area (Å²) in [6.07, 6.45) is 3.20. The molecule has 1 heterocycles. The van der Waals surface area contributed by atoms with Crippen molar-refractivity contribution in [3.63, 3.8) is 0 Å². The molecule has 0 fully saturated rings. The number of rotatable bonds is 7. The summed E-state index contributed by atoms with van der Waals surface area (Å²) < 4.78 is 11.5. The molecule has 0 amide bonds. The molecule has 1 aliphatic carbocycles. The van der Waals surface area contributed by atoms with Crippen LogP contribution in [0.3, 0.4) is 0 Å². The minimum Gasteiger partial charge on any atom is -0.493 e. The fourth-order valence-corrected chi connectivity index (χ4v) is 4.40. The lowest BCUT2D eigenvalue weighted by atomic mass is 9.68. The van der Waals surface area contributed by atoms with Crippen molar-refractivity contribution >= 4 is 11.8 Å². The summed E-state index contributed by atoms with van der Waals surface area (Å²) in [6, 6.07) is 7.73. The third-order valence-corrected chi connectivity index (χ3v) is 5.72. The van der Waals surface area contributed by atoms with Crippen molar-refractivity contribution in [3.05, 3.63) is 52.4 Å². The zero-order chi connectivity index (χ0) is 21.9. The molecule has 1 aromatic rings. The first-order chi connectivity index (χ1) is 14.3. The summed E-state index contributed by atoms with van der Waals surface area (Å²) >= 11 is 0. The van der Waals surface area contributed by atoms with Gasteiger partial charge in [0.25, 0.3) is 0 Å². The van der Waals surface area contributed by atoms with E-state index < -0.39 is 5.92 Å². The predicted octanol–water partition coefficient (Wildman–Crippen LogP) is 5.03. The van der Waals surface area contributed by atoms with Crippen molar-refractivity contribution < 1.29 is 19.1 Å². The lowest BCUT2D eigenvalue weighted by molar-refractivity contribution is -0.138. The zero-order valence-electron chi connectivity index (χ0n) is 18.8. The molecule has 162 valence electrons. The number of ketones is 1. The van der Waals surface area contributed by atoms with Gasteiger partial charge in [-0.1, -0.05) is 45.4 Å². The quantitative estimate of drug-likeness (QED) is 0.503. The van der Waals surface area contributed by atoms with Crippen LogP contribution in [-0.2, 0) is 14.3 Å². The highest BCUT2D eigenvalue weighted by atomic mass is 16.5. The van der Waals surface area contributed by atoms with E-state index in [2.05, 4.69) is 26.1 Å². The van der Waals surface area contributed by atoms with Gasteiger partial charge in [0.2, 0.25) is 0 Å². The number of hydrogen-bond acceptors (Lipinski definition) is 5. The lowest BCUT2D eigenvalue weighted by Crippen LogP contribution is -2.38. The summed E-state index contributed by atoms with van der Waals surface area (Å²) in [4.78, 5) is 26.3. The predicted molar refractivity (Wildman–Crippen MR) is 117 cm³/mol. The number of carbonyl (C=O) groups excluding carboxylic acids is 2. The molecule has 0 bridgehead atoms. The van der Waals surface area contributed by atoms with Gasteiger partial charge in [-0.15, -0.1) is 0 Å². The Hall–Kier alpha value is -2.56. The highest BCUT2D eigenvalue weighted by molar-refractivity contribution is 6.04. The van der Waals surface area contributed by atoms with E-state index in [1.807, 2.05) is 31.2 Å². The third-order valence-electron chi connectivity index (χ3n) is 5.72. The highest BCUT2D eigenvalue weighted by Crippen LogP contribution is 2.48. The van der Waals surface area contributed by atoms with Crippen molar-refractivity contribution in [3.8, 4) is 5.75 Å².